The number of hydrogen-bond acceptors (Lipinski definition) is 3. The summed E-state index contributed by atoms with van der Waals surface area (Å²) in [6.45, 7) is 0. The summed E-state index contributed by atoms with van der Waals surface area (Å²) in [6, 6.07) is 10.5. The number of aromatic amines is 1. The van der Waals surface area contributed by atoms with Gasteiger partial charge < -0.3 is 9.72 Å². The number of carbonyl (C=O) groups is 2. The molecule has 0 amide bonds. The van der Waals surface area contributed by atoms with Gasteiger partial charge in [-0.1, -0.05) is 12.1 Å². The maximum absolute atomic E-state index is 11.2. The monoisotopic (exact) mass is 229 g/mol. The van der Waals surface area contributed by atoms with E-state index in [9.17, 15) is 9.59 Å². The lowest BCUT2D eigenvalue weighted by Gasteiger charge is -2.01. The number of ether oxygens (including phenoxy) is 1. The Bertz CT molecular complexity index is 540. The van der Waals surface area contributed by atoms with Crippen LogP contribution in [0.25, 0.3) is 11.3 Å². The molecule has 0 saturated carbocycles. The molecular weight excluding hydrogens is 218 g/mol. The fourth-order valence-electron chi connectivity index (χ4n) is 1.55. The number of aromatic nitrogens is 1. The highest BCUT2D eigenvalue weighted by molar-refractivity contribution is 5.89. The van der Waals surface area contributed by atoms with Crippen LogP contribution in [0.5, 0.6) is 0 Å². The minimum atomic E-state index is -0.364. The molecule has 0 spiro atoms. The molecule has 17 heavy (non-hydrogen) atoms. The van der Waals surface area contributed by atoms with Crippen molar-refractivity contribution in [2.45, 2.75) is 0 Å². The van der Waals surface area contributed by atoms with Crippen LogP contribution in [0.3, 0.4) is 0 Å². The van der Waals surface area contributed by atoms with Crippen LogP contribution in [-0.4, -0.2) is 24.3 Å². The van der Waals surface area contributed by atoms with Crippen LogP contribution < -0.4 is 0 Å². The van der Waals surface area contributed by atoms with Gasteiger partial charge in [0.2, 0.25) is 0 Å². The molecule has 0 saturated heterocycles. The van der Waals surface area contributed by atoms with Crippen molar-refractivity contribution >= 4 is 12.3 Å². The number of hydrogen-bond donors (Lipinski definition) is 1. The molecule has 4 heteroatoms. The number of benzene rings is 1. The first-order chi connectivity index (χ1) is 8.24. The minimum absolute atomic E-state index is 0.364. The molecule has 1 aromatic carbocycles. The lowest BCUT2D eigenvalue weighted by Crippen LogP contribution is -2.00. The van der Waals surface area contributed by atoms with Crippen molar-refractivity contribution in [2.24, 2.45) is 0 Å². The fourth-order valence-corrected chi connectivity index (χ4v) is 1.55. The molecule has 2 rings (SSSR count). The zero-order chi connectivity index (χ0) is 12.3. The molecule has 0 unspecified atom stereocenters. The van der Waals surface area contributed by atoms with Crippen LogP contribution >= 0.6 is 0 Å². The number of rotatable bonds is 3. The molecule has 0 radical (unpaired) electrons. The normalized spacial score (nSPS) is 9.94. The summed E-state index contributed by atoms with van der Waals surface area (Å²) in [7, 11) is 1.34. The Morgan fingerprint density at radius 3 is 2.41 bits per heavy atom. The molecule has 1 heterocycles. The second kappa shape index (κ2) is 4.65. The Hall–Kier alpha value is -2.36. The van der Waals surface area contributed by atoms with Crippen molar-refractivity contribution < 1.29 is 14.3 Å². The van der Waals surface area contributed by atoms with Gasteiger partial charge in [0.15, 0.2) is 6.29 Å². The van der Waals surface area contributed by atoms with Gasteiger partial charge in [0, 0.05) is 5.69 Å². The number of H-pyrrole nitrogens is 1. The molecule has 0 atom stereocenters. The van der Waals surface area contributed by atoms with Gasteiger partial charge in [-0.2, -0.15) is 0 Å². The summed E-state index contributed by atoms with van der Waals surface area (Å²) in [6.07, 6.45) is 0.756. The smallest absolute Gasteiger partial charge is 0.337 e. The molecule has 0 aliphatic carbocycles. The van der Waals surface area contributed by atoms with E-state index in [2.05, 4.69) is 9.72 Å². The number of methoxy groups -OCH3 is 1. The summed E-state index contributed by atoms with van der Waals surface area (Å²) < 4.78 is 4.61. The molecule has 0 fully saturated rings. The van der Waals surface area contributed by atoms with E-state index in [-0.39, 0.29) is 5.97 Å². The van der Waals surface area contributed by atoms with E-state index in [0.29, 0.717) is 11.3 Å². The minimum Gasteiger partial charge on any atom is -0.465 e. The van der Waals surface area contributed by atoms with Crippen LogP contribution in [0, 0.1) is 0 Å². The average molecular weight is 229 g/mol. The lowest BCUT2D eigenvalue weighted by molar-refractivity contribution is 0.0600. The molecule has 1 aromatic heterocycles. The van der Waals surface area contributed by atoms with Gasteiger partial charge in [-0.15, -0.1) is 0 Å². The maximum atomic E-state index is 11.2. The average Bonchev–Trinajstić information content (AvgIpc) is 2.87. The van der Waals surface area contributed by atoms with Crippen LogP contribution in [0.15, 0.2) is 36.4 Å². The zero-order valence-corrected chi connectivity index (χ0v) is 9.27. The summed E-state index contributed by atoms with van der Waals surface area (Å²) in [5.41, 5.74) is 2.77. The predicted octanol–water partition coefficient (Wildman–Crippen LogP) is 2.28. The SMILES string of the molecule is COC(=O)c1ccc(-c2ccc(C=O)[nH]2)cc1. The predicted molar refractivity (Wildman–Crippen MR) is 63.0 cm³/mol. The Kier molecular flexibility index (Phi) is 3.05. The summed E-state index contributed by atoms with van der Waals surface area (Å²) in [4.78, 5) is 24.7. The standard InChI is InChI=1S/C13H11NO3/c1-17-13(16)10-4-2-9(3-5-10)12-7-6-11(8-15)14-12/h2-8,14H,1H3. The Labute approximate surface area is 98.2 Å². The van der Waals surface area contributed by atoms with Crippen LogP contribution in [-0.2, 0) is 4.74 Å². The molecular formula is C13H11NO3. The number of aldehydes is 1. The van der Waals surface area contributed by atoms with Crippen molar-refractivity contribution in [2.75, 3.05) is 7.11 Å². The van der Waals surface area contributed by atoms with E-state index >= 15 is 0 Å². The first-order valence-electron chi connectivity index (χ1n) is 5.07. The van der Waals surface area contributed by atoms with Gasteiger partial charge >= 0.3 is 5.97 Å². The van der Waals surface area contributed by atoms with E-state index in [1.54, 1.807) is 30.3 Å². The quantitative estimate of drug-likeness (QED) is 0.648. The Morgan fingerprint density at radius 1 is 1.18 bits per heavy atom. The number of nitrogens with one attached hydrogen (secondary N) is 1. The van der Waals surface area contributed by atoms with E-state index in [0.717, 1.165) is 17.5 Å². The summed E-state index contributed by atoms with van der Waals surface area (Å²) in [5.74, 6) is -0.364. The third-order valence-electron chi connectivity index (χ3n) is 2.45. The van der Waals surface area contributed by atoms with Crippen LogP contribution in [0.2, 0.25) is 0 Å². The van der Waals surface area contributed by atoms with Gasteiger partial charge in [-0.05, 0) is 29.8 Å². The molecule has 0 aliphatic heterocycles. The number of carbonyl (C=O) groups excluding carboxylic acids is 2. The molecule has 0 aliphatic rings. The highest BCUT2D eigenvalue weighted by atomic mass is 16.5. The highest BCUT2D eigenvalue weighted by Crippen LogP contribution is 2.18. The third kappa shape index (κ3) is 2.25. The molecule has 1 N–H and O–H groups in total. The molecule has 86 valence electrons. The van der Waals surface area contributed by atoms with Crippen molar-refractivity contribution in [3.8, 4) is 11.3 Å². The van der Waals surface area contributed by atoms with E-state index in [1.165, 1.54) is 7.11 Å². The number of esters is 1. The van der Waals surface area contributed by atoms with Crippen LogP contribution in [0.4, 0.5) is 0 Å². The van der Waals surface area contributed by atoms with Gasteiger partial charge in [-0.3, -0.25) is 4.79 Å². The van der Waals surface area contributed by atoms with Crippen molar-refractivity contribution in [1.82, 2.24) is 4.98 Å². The van der Waals surface area contributed by atoms with E-state index < -0.39 is 0 Å². The second-order valence-electron chi connectivity index (χ2n) is 3.51. The van der Waals surface area contributed by atoms with Gasteiger partial charge in [-0.25, -0.2) is 4.79 Å². The first-order valence-corrected chi connectivity index (χ1v) is 5.07. The van der Waals surface area contributed by atoms with Crippen molar-refractivity contribution in [3.05, 3.63) is 47.7 Å². The first kappa shape index (κ1) is 11.1. The van der Waals surface area contributed by atoms with Crippen molar-refractivity contribution in [1.29, 1.82) is 0 Å². The molecule has 0 bridgehead atoms. The largest absolute Gasteiger partial charge is 0.465 e. The van der Waals surface area contributed by atoms with E-state index in [4.69, 9.17) is 0 Å². The van der Waals surface area contributed by atoms with Crippen LogP contribution in [0.1, 0.15) is 20.8 Å². The fraction of sp³-hybridized carbons (Fsp3) is 0.0769. The Balaban J connectivity index is 2.28. The summed E-state index contributed by atoms with van der Waals surface area (Å²) in [5, 5.41) is 0. The highest BCUT2D eigenvalue weighted by Gasteiger charge is 2.06. The van der Waals surface area contributed by atoms with Gasteiger partial charge in [0.1, 0.15) is 0 Å². The topological polar surface area (TPSA) is 59.2 Å². The zero-order valence-electron chi connectivity index (χ0n) is 9.27. The Morgan fingerprint density at radius 2 is 1.88 bits per heavy atom. The second-order valence-corrected chi connectivity index (χ2v) is 3.51. The molecule has 4 nitrogen and oxygen atoms in total. The van der Waals surface area contributed by atoms with Gasteiger partial charge in [0.05, 0.1) is 18.4 Å². The summed E-state index contributed by atoms with van der Waals surface area (Å²) >= 11 is 0. The maximum Gasteiger partial charge on any atom is 0.337 e. The molecule has 2 aromatic rings. The third-order valence-corrected chi connectivity index (χ3v) is 2.45. The van der Waals surface area contributed by atoms with Gasteiger partial charge in [0.25, 0.3) is 0 Å². The lowest BCUT2D eigenvalue weighted by atomic mass is 10.1. The van der Waals surface area contributed by atoms with E-state index in [1.807, 2.05) is 6.07 Å². The van der Waals surface area contributed by atoms with Crippen molar-refractivity contribution in [3.63, 3.8) is 0 Å².